The first-order valence-corrected chi connectivity index (χ1v) is 10.2. The molecule has 6 nitrogen and oxygen atoms in total. The predicted molar refractivity (Wildman–Crippen MR) is 121 cm³/mol. The van der Waals surface area contributed by atoms with E-state index in [0.29, 0.717) is 17.7 Å². The number of para-hydroxylation sites is 1. The highest BCUT2D eigenvalue weighted by Gasteiger charge is 2.25. The van der Waals surface area contributed by atoms with Crippen molar-refractivity contribution in [1.82, 2.24) is 4.57 Å². The van der Waals surface area contributed by atoms with Crippen molar-refractivity contribution in [2.75, 3.05) is 14.2 Å². The van der Waals surface area contributed by atoms with Crippen LogP contribution in [-0.4, -0.2) is 30.7 Å². The van der Waals surface area contributed by atoms with Crippen molar-refractivity contribution < 1.29 is 19.1 Å². The van der Waals surface area contributed by atoms with Crippen molar-refractivity contribution in [3.8, 4) is 16.9 Å². The summed E-state index contributed by atoms with van der Waals surface area (Å²) < 4.78 is 12.5. The van der Waals surface area contributed by atoms with Crippen LogP contribution in [0.15, 0.2) is 48.5 Å². The standard InChI is InChI=1S/C25H28N2O4/c1-5-8-20-23(17-11-13-18(14-12-17)25(29)31-4)22(24(26)28)16(2)27(20)15-19-9-6-7-10-21(19)30-3/h6-7,9-14H,5,8,15H2,1-4H3,(H2,26,28). The number of carbonyl (C=O) groups excluding carboxylic acids is 2. The lowest BCUT2D eigenvalue weighted by atomic mass is 9.97. The highest BCUT2D eigenvalue weighted by atomic mass is 16.5. The number of aromatic nitrogens is 1. The third-order valence-corrected chi connectivity index (χ3v) is 5.48. The molecule has 6 heteroatoms. The number of carbonyl (C=O) groups is 2. The molecular weight excluding hydrogens is 392 g/mol. The molecule has 0 unspecified atom stereocenters. The maximum atomic E-state index is 12.5. The zero-order chi connectivity index (χ0) is 22.5. The van der Waals surface area contributed by atoms with Gasteiger partial charge in [0.05, 0.1) is 31.9 Å². The van der Waals surface area contributed by atoms with Crippen LogP contribution in [0.4, 0.5) is 0 Å². The Morgan fingerprint density at radius 2 is 1.71 bits per heavy atom. The average molecular weight is 421 g/mol. The Labute approximate surface area is 182 Å². The molecule has 3 rings (SSSR count). The molecule has 2 N–H and O–H groups in total. The second-order valence-electron chi connectivity index (χ2n) is 7.36. The molecule has 0 aliphatic carbocycles. The van der Waals surface area contributed by atoms with Crippen molar-refractivity contribution >= 4 is 11.9 Å². The van der Waals surface area contributed by atoms with Gasteiger partial charge in [0.1, 0.15) is 5.75 Å². The molecule has 0 saturated carbocycles. The van der Waals surface area contributed by atoms with Gasteiger partial charge in [0.2, 0.25) is 0 Å². The number of benzene rings is 2. The summed E-state index contributed by atoms with van der Waals surface area (Å²) in [5.41, 5.74) is 11.3. The Hall–Kier alpha value is -3.54. The fourth-order valence-electron chi connectivity index (χ4n) is 4.02. The van der Waals surface area contributed by atoms with Gasteiger partial charge in [-0.2, -0.15) is 0 Å². The van der Waals surface area contributed by atoms with Crippen LogP contribution in [0.1, 0.15) is 51.0 Å². The molecule has 0 spiro atoms. The summed E-state index contributed by atoms with van der Waals surface area (Å²) in [4.78, 5) is 24.3. The summed E-state index contributed by atoms with van der Waals surface area (Å²) in [5.74, 6) is -0.0799. The van der Waals surface area contributed by atoms with Crippen LogP contribution in [0.2, 0.25) is 0 Å². The number of methoxy groups -OCH3 is 2. The number of nitrogens with zero attached hydrogens (tertiary/aromatic N) is 1. The molecule has 0 radical (unpaired) electrons. The van der Waals surface area contributed by atoms with Gasteiger partial charge in [0, 0.05) is 22.5 Å². The van der Waals surface area contributed by atoms with E-state index >= 15 is 0 Å². The normalized spacial score (nSPS) is 10.7. The van der Waals surface area contributed by atoms with E-state index in [1.165, 1.54) is 7.11 Å². The van der Waals surface area contributed by atoms with E-state index in [2.05, 4.69) is 11.5 Å². The van der Waals surface area contributed by atoms with Crippen LogP contribution in [0.5, 0.6) is 5.75 Å². The monoisotopic (exact) mass is 420 g/mol. The smallest absolute Gasteiger partial charge is 0.337 e. The summed E-state index contributed by atoms with van der Waals surface area (Å²) >= 11 is 0. The fraction of sp³-hybridized carbons (Fsp3) is 0.280. The number of esters is 1. The van der Waals surface area contributed by atoms with Gasteiger partial charge in [-0.05, 0) is 37.1 Å². The van der Waals surface area contributed by atoms with Crippen molar-refractivity contribution in [2.45, 2.75) is 33.2 Å². The third kappa shape index (κ3) is 4.33. The molecular formula is C25H28N2O4. The van der Waals surface area contributed by atoms with Crippen LogP contribution >= 0.6 is 0 Å². The van der Waals surface area contributed by atoms with E-state index < -0.39 is 11.9 Å². The van der Waals surface area contributed by atoms with E-state index in [1.807, 2.05) is 43.3 Å². The van der Waals surface area contributed by atoms with Crippen molar-refractivity contribution in [3.63, 3.8) is 0 Å². The lowest BCUT2D eigenvalue weighted by molar-refractivity contribution is 0.0600. The number of hydrogen-bond acceptors (Lipinski definition) is 4. The number of ether oxygens (including phenoxy) is 2. The zero-order valence-corrected chi connectivity index (χ0v) is 18.4. The van der Waals surface area contributed by atoms with Gasteiger partial charge in [-0.15, -0.1) is 0 Å². The second kappa shape index (κ2) is 9.51. The minimum Gasteiger partial charge on any atom is -0.496 e. The van der Waals surface area contributed by atoms with Crippen LogP contribution in [-0.2, 0) is 17.7 Å². The molecule has 0 fully saturated rings. The summed E-state index contributed by atoms with van der Waals surface area (Å²) in [6, 6.07) is 14.9. The van der Waals surface area contributed by atoms with Crippen LogP contribution in [0.3, 0.4) is 0 Å². The molecule has 0 aliphatic rings. The SMILES string of the molecule is CCCc1c(-c2ccc(C(=O)OC)cc2)c(C(N)=O)c(C)n1Cc1ccccc1OC. The largest absolute Gasteiger partial charge is 0.496 e. The molecule has 162 valence electrons. The van der Waals surface area contributed by atoms with Gasteiger partial charge in [-0.3, -0.25) is 4.79 Å². The van der Waals surface area contributed by atoms with Crippen molar-refractivity contribution in [3.05, 3.63) is 76.6 Å². The number of hydrogen-bond donors (Lipinski definition) is 1. The Morgan fingerprint density at radius 1 is 1.03 bits per heavy atom. The van der Waals surface area contributed by atoms with Crippen molar-refractivity contribution in [2.24, 2.45) is 5.73 Å². The quantitative estimate of drug-likeness (QED) is 0.549. The van der Waals surface area contributed by atoms with E-state index in [-0.39, 0.29) is 0 Å². The summed E-state index contributed by atoms with van der Waals surface area (Å²) in [7, 11) is 3.00. The third-order valence-electron chi connectivity index (χ3n) is 5.48. The molecule has 1 aromatic heterocycles. The molecule has 3 aromatic rings. The summed E-state index contributed by atoms with van der Waals surface area (Å²) in [6.45, 7) is 4.58. The maximum Gasteiger partial charge on any atom is 0.337 e. The van der Waals surface area contributed by atoms with Gasteiger partial charge in [0.15, 0.2) is 0 Å². The lowest BCUT2D eigenvalue weighted by Crippen LogP contribution is -2.14. The number of amides is 1. The van der Waals surface area contributed by atoms with E-state index in [1.54, 1.807) is 19.2 Å². The van der Waals surface area contributed by atoms with E-state index in [9.17, 15) is 9.59 Å². The molecule has 0 saturated heterocycles. The molecule has 0 bridgehead atoms. The number of nitrogens with two attached hydrogens (primary N) is 1. The lowest BCUT2D eigenvalue weighted by Gasteiger charge is -2.15. The summed E-state index contributed by atoms with van der Waals surface area (Å²) in [5, 5.41) is 0. The van der Waals surface area contributed by atoms with Crippen LogP contribution < -0.4 is 10.5 Å². The average Bonchev–Trinajstić information content (AvgIpc) is 3.05. The first kappa shape index (κ1) is 22.2. The highest BCUT2D eigenvalue weighted by molar-refractivity contribution is 6.02. The Balaban J connectivity index is 2.20. The van der Waals surface area contributed by atoms with Gasteiger partial charge >= 0.3 is 5.97 Å². The van der Waals surface area contributed by atoms with Gasteiger partial charge < -0.3 is 19.8 Å². The predicted octanol–water partition coefficient (Wildman–Crippen LogP) is 4.36. The molecule has 0 aliphatic heterocycles. The first-order valence-electron chi connectivity index (χ1n) is 10.2. The fourth-order valence-corrected chi connectivity index (χ4v) is 4.02. The minimum absolute atomic E-state index is 0.402. The maximum absolute atomic E-state index is 12.5. The van der Waals surface area contributed by atoms with E-state index in [4.69, 9.17) is 15.2 Å². The Bertz CT molecular complexity index is 1100. The number of primary amides is 1. The van der Waals surface area contributed by atoms with Crippen LogP contribution in [0.25, 0.3) is 11.1 Å². The number of rotatable bonds is 8. The molecule has 1 amide bonds. The summed E-state index contributed by atoms with van der Waals surface area (Å²) in [6.07, 6.45) is 1.68. The topological polar surface area (TPSA) is 83.5 Å². The molecule has 2 aromatic carbocycles. The van der Waals surface area contributed by atoms with Gasteiger partial charge in [-0.25, -0.2) is 4.79 Å². The van der Waals surface area contributed by atoms with Crippen molar-refractivity contribution in [1.29, 1.82) is 0 Å². The van der Waals surface area contributed by atoms with Gasteiger partial charge in [-0.1, -0.05) is 43.7 Å². The minimum atomic E-state index is -0.472. The highest BCUT2D eigenvalue weighted by Crippen LogP contribution is 2.35. The zero-order valence-electron chi connectivity index (χ0n) is 18.4. The second-order valence-corrected chi connectivity index (χ2v) is 7.36. The van der Waals surface area contributed by atoms with Crippen LogP contribution in [0, 0.1) is 6.92 Å². The Morgan fingerprint density at radius 3 is 2.29 bits per heavy atom. The first-order chi connectivity index (χ1) is 14.9. The molecule has 0 atom stereocenters. The van der Waals surface area contributed by atoms with Gasteiger partial charge in [0.25, 0.3) is 5.91 Å². The Kier molecular flexibility index (Phi) is 6.80. The van der Waals surface area contributed by atoms with E-state index in [0.717, 1.165) is 46.7 Å². The molecule has 1 heterocycles. The molecule has 31 heavy (non-hydrogen) atoms.